The SMILES string of the molecule is CCNCCc1csc(Nc2ccc(C(F)(F)F)cn2)n1. The molecule has 2 aromatic heterocycles. The second kappa shape index (κ2) is 6.86. The Morgan fingerprint density at radius 2 is 2.10 bits per heavy atom. The number of pyridine rings is 1. The van der Waals surface area contributed by atoms with E-state index in [0.29, 0.717) is 10.9 Å². The second-order valence-corrected chi connectivity index (χ2v) is 5.16. The topological polar surface area (TPSA) is 49.8 Å². The van der Waals surface area contributed by atoms with Crippen LogP contribution < -0.4 is 10.6 Å². The van der Waals surface area contributed by atoms with Crippen LogP contribution in [0.5, 0.6) is 0 Å². The zero-order valence-corrected chi connectivity index (χ0v) is 12.2. The third-order valence-corrected chi connectivity index (χ3v) is 3.49. The summed E-state index contributed by atoms with van der Waals surface area (Å²) in [5.41, 5.74) is 0.175. The van der Waals surface area contributed by atoms with Crippen LogP contribution in [0, 0.1) is 0 Å². The Kier molecular flexibility index (Phi) is 5.13. The lowest BCUT2D eigenvalue weighted by atomic mass is 10.3. The fourth-order valence-corrected chi connectivity index (χ4v) is 2.37. The van der Waals surface area contributed by atoms with Gasteiger partial charge in [-0.05, 0) is 18.7 Å². The average molecular weight is 316 g/mol. The summed E-state index contributed by atoms with van der Waals surface area (Å²) in [6.07, 6.45) is -2.75. The monoisotopic (exact) mass is 316 g/mol. The number of rotatable bonds is 6. The first kappa shape index (κ1) is 15.7. The van der Waals surface area contributed by atoms with Gasteiger partial charge in [0.2, 0.25) is 0 Å². The van der Waals surface area contributed by atoms with Crippen molar-refractivity contribution in [3.05, 3.63) is 35.0 Å². The zero-order valence-electron chi connectivity index (χ0n) is 11.4. The van der Waals surface area contributed by atoms with Gasteiger partial charge in [-0.15, -0.1) is 11.3 Å². The van der Waals surface area contributed by atoms with Crippen molar-refractivity contribution in [2.24, 2.45) is 0 Å². The standard InChI is InChI=1S/C13H15F3N4S/c1-2-17-6-5-10-8-21-12(19-10)20-11-4-3-9(7-18-11)13(14,15)16/h3-4,7-8,17H,2,5-6H2,1H3,(H,18,19,20). The summed E-state index contributed by atoms with van der Waals surface area (Å²) in [5.74, 6) is 0.343. The summed E-state index contributed by atoms with van der Waals surface area (Å²) < 4.78 is 37.3. The molecule has 0 bridgehead atoms. The average Bonchev–Trinajstić information content (AvgIpc) is 2.86. The van der Waals surface area contributed by atoms with E-state index in [0.717, 1.165) is 37.5 Å². The smallest absolute Gasteiger partial charge is 0.317 e. The molecule has 0 spiro atoms. The van der Waals surface area contributed by atoms with Crippen molar-refractivity contribution in [1.29, 1.82) is 0 Å². The lowest BCUT2D eigenvalue weighted by molar-refractivity contribution is -0.137. The predicted molar refractivity (Wildman–Crippen MR) is 76.9 cm³/mol. The summed E-state index contributed by atoms with van der Waals surface area (Å²) in [4.78, 5) is 8.10. The van der Waals surface area contributed by atoms with Gasteiger partial charge >= 0.3 is 6.18 Å². The quantitative estimate of drug-likeness (QED) is 0.802. The Labute approximate surface area is 124 Å². The van der Waals surface area contributed by atoms with Crippen LogP contribution >= 0.6 is 11.3 Å². The molecule has 0 fully saturated rings. The Morgan fingerprint density at radius 3 is 2.71 bits per heavy atom. The molecule has 2 rings (SSSR count). The molecule has 2 N–H and O–H groups in total. The zero-order chi connectivity index (χ0) is 15.3. The first-order valence-electron chi connectivity index (χ1n) is 6.44. The van der Waals surface area contributed by atoms with E-state index in [1.165, 1.54) is 17.4 Å². The van der Waals surface area contributed by atoms with Gasteiger partial charge in [-0.2, -0.15) is 13.2 Å². The van der Waals surface area contributed by atoms with Gasteiger partial charge < -0.3 is 10.6 Å². The van der Waals surface area contributed by atoms with E-state index in [1.54, 1.807) is 0 Å². The van der Waals surface area contributed by atoms with Crippen molar-refractivity contribution in [2.75, 3.05) is 18.4 Å². The Hall–Kier alpha value is -1.67. The molecule has 0 aliphatic rings. The maximum Gasteiger partial charge on any atom is 0.417 e. The van der Waals surface area contributed by atoms with Crippen molar-refractivity contribution in [2.45, 2.75) is 19.5 Å². The van der Waals surface area contributed by atoms with Crippen molar-refractivity contribution < 1.29 is 13.2 Å². The lowest BCUT2D eigenvalue weighted by Gasteiger charge is -2.07. The van der Waals surface area contributed by atoms with Gasteiger partial charge in [-0.1, -0.05) is 6.92 Å². The summed E-state index contributed by atoms with van der Waals surface area (Å²) in [6.45, 7) is 3.78. The molecule has 0 saturated heterocycles. The molecule has 0 aliphatic heterocycles. The molecule has 114 valence electrons. The Bertz CT molecular complexity index is 566. The fraction of sp³-hybridized carbons (Fsp3) is 0.385. The van der Waals surface area contributed by atoms with Crippen molar-refractivity contribution >= 4 is 22.3 Å². The van der Waals surface area contributed by atoms with Crippen molar-refractivity contribution in [3.63, 3.8) is 0 Å². The van der Waals surface area contributed by atoms with Gasteiger partial charge in [0.15, 0.2) is 5.13 Å². The molecule has 2 heterocycles. The van der Waals surface area contributed by atoms with E-state index in [-0.39, 0.29) is 0 Å². The number of nitrogens with zero attached hydrogens (tertiary/aromatic N) is 2. The first-order valence-corrected chi connectivity index (χ1v) is 7.32. The van der Waals surface area contributed by atoms with E-state index in [2.05, 4.69) is 20.6 Å². The Balaban J connectivity index is 1.95. The number of thiazole rings is 1. The molecule has 0 radical (unpaired) electrons. The molecule has 2 aromatic rings. The number of halogens is 3. The highest BCUT2D eigenvalue weighted by Crippen LogP contribution is 2.29. The van der Waals surface area contributed by atoms with E-state index >= 15 is 0 Å². The van der Waals surface area contributed by atoms with E-state index in [9.17, 15) is 13.2 Å². The minimum atomic E-state index is -4.37. The van der Waals surface area contributed by atoms with E-state index < -0.39 is 11.7 Å². The maximum absolute atomic E-state index is 12.4. The molecule has 4 nitrogen and oxygen atoms in total. The van der Waals surface area contributed by atoms with E-state index in [4.69, 9.17) is 0 Å². The minimum absolute atomic E-state index is 0.343. The number of hydrogen-bond donors (Lipinski definition) is 2. The predicted octanol–water partition coefficient (Wildman–Crippen LogP) is 3.45. The van der Waals surface area contributed by atoms with Crippen LogP contribution in [0.2, 0.25) is 0 Å². The van der Waals surface area contributed by atoms with Crippen LogP contribution in [0.4, 0.5) is 24.1 Å². The second-order valence-electron chi connectivity index (χ2n) is 4.30. The molecular formula is C13H15F3N4S. The first-order chi connectivity index (χ1) is 9.99. The molecule has 0 amide bonds. The summed E-state index contributed by atoms with van der Waals surface area (Å²) in [5, 5.41) is 8.64. The summed E-state index contributed by atoms with van der Waals surface area (Å²) in [6, 6.07) is 2.29. The third-order valence-electron chi connectivity index (χ3n) is 2.69. The highest BCUT2D eigenvalue weighted by Gasteiger charge is 2.30. The number of likely N-dealkylation sites (N-methyl/N-ethyl adjacent to an activating group) is 1. The molecule has 21 heavy (non-hydrogen) atoms. The van der Waals surface area contributed by atoms with Crippen LogP contribution in [0.3, 0.4) is 0 Å². The number of hydrogen-bond acceptors (Lipinski definition) is 5. The van der Waals surface area contributed by atoms with Gasteiger partial charge in [0, 0.05) is 24.5 Å². The van der Waals surface area contributed by atoms with Gasteiger partial charge in [0.25, 0.3) is 0 Å². The van der Waals surface area contributed by atoms with Gasteiger partial charge in [0.1, 0.15) is 5.82 Å². The van der Waals surface area contributed by atoms with E-state index in [1.807, 2.05) is 12.3 Å². The molecule has 8 heteroatoms. The molecule has 0 unspecified atom stereocenters. The van der Waals surface area contributed by atoms with Crippen LogP contribution in [0.15, 0.2) is 23.7 Å². The highest BCUT2D eigenvalue weighted by atomic mass is 32.1. The van der Waals surface area contributed by atoms with Crippen molar-refractivity contribution in [1.82, 2.24) is 15.3 Å². The number of alkyl halides is 3. The van der Waals surface area contributed by atoms with Crippen LogP contribution in [-0.4, -0.2) is 23.1 Å². The number of aromatic nitrogens is 2. The van der Waals surface area contributed by atoms with Crippen LogP contribution in [0.1, 0.15) is 18.2 Å². The normalized spacial score (nSPS) is 11.6. The minimum Gasteiger partial charge on any atom is -0.317 e. The number of anilines is 2. The maximum atomic E-state index is 12.4. The number of nitrogens with one attached hydrogen (secondary N) is 2. The van der Waals surface area contributed by atoms with Gasteiger partial charge in [-0.3, -0.25) is 0 Å². The van der Waals surface area contributed by atoms with Gasteiger partial charge in [0.05, 0.1) is 11.3 Å². The molecule has 0 atom stereocenters. The molecular weight excluding hydrogens is 301 g/mol. The van der Waals surface area contributed by atoms with Crippen LogP contribution in [-0.2, 0) is 12.6 Å². The Morgan fingerprint density at radius 1 is 1.29 bits per heavy atom. The fourth-order valence-electron chi connectivity index (χ4n) is 1.62. The van der Waals surface area contributed by atoms with Gasteiger partial charge in [-0.25, -0.2) is 9.97 Å². The lowest BCUT2D eigenvalue weighted by Crippen LogP contribution is -2.16. The molecule has 0 aromatic carbocycles. The largest absolute Gasteiger partial charge is 0.417 e. The molecule has 0 aliphatic carbocycles. The third kappa shape index (κ3) is 4.68. The highest BCUT2D eigenvalue weighted by molar-refractivity contribution is 7.13. The van der Waals surface area contributed by atoms with Crippen molar-refractivity contribution in [3.8, 4) is 0 Å². The van der Waals surface area contributed by atoms with Crippen LogP contribution in [0.25, 0.3) is 0 Å². The summed E-state index contributed by atoms with van der Waals surface area (Å²) >= 11 is 1.40. The summed E-state index contributed by atoms with van der Waals surface area (Å²) in [7, 11) is 0. The molecule has 0 saturated carbocycles.